The van der Waals surface area contributed by atoms with Gasteiger partial charge in [0, 0.05) is 0 Å². The lowest BCUT2D eigenvalue weighted by atomic mass is 10.3. The van der Waals surface area contributed by atoms with Crippen molar-refractivity contribution >= 4 is 50.9 Å². The van der Waals surface area contributed by atoms with Crippen molar-refractivity contribution in [3.63, 3.8) is 0 Å². The Bertz CT molecular complexity index is 849. The van der Waals surface area contributed by atoms with Gasteiger partial charge in [-0.15, -0.1) is 34.0 Å². The Labute approximate surface area is 144 Å². The van der Waals surface area contributed by atoms with E-state index in [1.807, 2.05) is 24.4 Å². The van der Waals surface area contributed by atoms with Crippen LogP contribution in [0.5, 0.6) is 0 Å². The highest BCUT2D eigenvalue weighted by molar-refractivity contribution is 7.22. The number of hydrogen-bond donors (Lipinski definition) is 1. The summed E-state index contributed by atoms with van der Waals surface area (Å²) in [6, 6.07) is 7.25. The molecular weight excluding hydrogens is 352 g/mol. The fourth-order valence-electron chi connectivity index (χ4n) is 1.90. The molecule has 0 aromatic carbocycles. The molecule has 0 bridgehead atoms. The number of aromatic nitrogens is 1. The van der Waals surface area contributed by atoms with Crippen molar-refractivity contribution in [2.24, 2.45) is 0 Å². The van der Waals surface area contributed by atoms with Crippen molar-refractivity contribution in [2.45, 2.75) is 6.92 Å². The van der Waals surface area contributed by atoms with Gasteiger partial charge in [0.15, 0.2) is 0 Å². The minimum Gasteiger partial charge on any atom is -0.465 e. The first-order chi connectivity index (χ1) is 11.1. The quantitative estimate of drug-likeness (QED) is 0.702. The maximum Gasteiger partial charge on any atom is 0.348 e. The summed E-state index contributed by atoms with van der Waals surface area (Å²) in [6.45, 7) is 1.82. The Morgan fingerprint density at radius 3 is 2.74 bits per heavy atom. The second kappa shape index (κ2) is 6.61. The van der Waals surface area contributed by atoms with E-state index in [1.54, 1.807) is 23.5 Å². The highest BCUT2D eigenvalue weighted by atomic mass is 32.1. The third kappa shape index (κ3) is 3.34. The van der Waals surface area contributed by atoms with Gasteiger partial charge in [-0.25, -0.2) is 9.78 Å². The molecule has 3 aromatic rings. The van der Waals surface area contributed by atoms with Crippen LogP contribution in [-0.2, 0) is 4.74 Å². The molecule has 0 unspecified atom stereocenters. The Balaban J connectivity index is 1.78. The zero-order chi connectivity index (χ0) is 16.4. The molecule has 118 valence electrons. The van der Waals surface area contributed by atoms with Crippen LogP contribution in [0, 0.1) is 6.92 Å². The van der Waals surface area contributed by atoms with Gasteiger partial charge in [0.05, 0.1) is 22.7 Å². The summed E-state index contributed by atoms with van der Waals surface area (Å²) >= 11 is 4.13. The maximum absolute atomic E-state index is 12.4. The summed E-state index contributed by atoms with van der Waals surface area (Å²) in [5.74, 6) is -0.634. The summed E-state index contributed by atoms with van der Waals surface area (Å²) in [7, 11) is 1.33. The first-order valence-electron chi connectivity index (χ1n) is 6.59. The predicted molar refractivity (Wildman–Crippen MR) is 93.8 cm³/mol. The fraction of sp³-hybridized carbons (Fsp3) is 0.133. The number of aryl methyl sites for hydroxylation is 1. The zero-order valence-corrected chi connectivity index (χ0v) is 14.7. The highest BCUT2D eigenvalue weighted by Crippen LogP contribution is 2.32. The van der Waals surface area contributed by atoms with Crippen molar-refractivity contribution in [3.05, 3.63) is 45.1 Å². The third-order valence-corrected chi connectivity index (χ3v) is 6.14. The monoisotopic (exact) mass is 364 g/mol. The van der Waals surface area contributed by atoms with Crippen LogP contribution >= 0.6 is 34.0 Å². The Kier molecular flexibility index (Phi) is 4.56. The fourth-order valence-corrected chi connectivity index (χ4v) is 4.47. The molecule has 3 rings (SSSR count). The largest absolute Gasteiger partial charge is 0.465 e. The van der Waals surface area contributed by atoms with E-state index >= 15 is 0 Å². The minimum atomic E-state index is -0.413. The molecule has 0 spiro atoms. The molecule has 3 heterocycles. The number of thiophene rings is 2. The topological polar surface area (TPSA) is 68.3 Å². The number of carbonyl (C=O) groups excluding carboxylic acids is 2. The number of thiazole rings is 1. The molecule has 5 nitrogen and oxygen atoms in total. The molecule has 3 aromatic heterocycles. The lowest BCUT2D eigenvalue weighted by Crippen LogP contribution is -2.10. The van der Waals surface area contributed by atoms with E-state index in [0.717, 1.165) is 9.88 Å². The van der Waals surface area contributed by atoms with Crippen LogP contribution in [0.4, 0.5) is 5.00 Å². The summed E-state index contributed by atoms with van der Waals surface area (Å²) in [4.78, 5) is 30.4. The second-order valence-corrected chi connectivity index (χ2v) is 7.55. The average Bonchev–Trinajstić information content (AvgIpc) is 3.25. The Morgan fingerprint density at radius 2 is 2.04 bits per heavy atom. The van der Waals surface area contributed by atoms with Crippen LogP contribution in [0.25, 0.3) is 9.88 Å². The van der Waals surface area contributed by atoms with Crippen molar-refractivity contribution in [3.8, 4) is 9.88 Å². The van der Waals surface area contributed by atoms with Gasteiger partial charge in [0.1, 0.15) is 14.8 Å². The molecule has 1 amide bonds. The maximum atomic E-state index is 12.4. The summed E-state index contributed by atoms with van der Waals surface area (Å²) in [5, 5.41) is 6.22. The number of amides is 1. The van der Waals surface area contributed by atoms with Gasteiger partial charge in [-0.1, -0.05) is 6.07 Å². The SMILES string of the molecule is COC(=O)c1ccc(NC(=O)c2sc(-c3cccs3)nc2C)s1. The van der Waals surface area contributed by atoms with Crippen molar-refractivity contribution in [2.75, 3.05) is 12.4 Å². The zero-order valence-electron chi connectivity index (χ0n) is 12.3. The molecule has 0 atom stereocenters. The van der Waals surface area contributed by atoms with E-state index < -0.39 is 5.97 Å². The first kappa shape index (κ1) is 15.9. The van der Waals surface area contributed by atoms with Crippen molar-refractivity contribution < 1.29 is 14.3 Å². The van der Waals surface area contributed by atoms with Gasteiger partial charge in [0.25, 0.3) is 5.91 Å². The smallest absolute Gasteiger partial charge is 0.348 e. The number of ether oxygens (including phenoxy) is 1. The summed E-state index contributed by atoms with van der Waals surface area (Å²) < 4.78 is 4.65. The molecule has 1 N–H and O–H groups in total. The van der Waals surface area contributed by atoms with Crippen molar-refractivity contribution in [1.82, 2.24) is 4.98 Å². The molecule has 0 aliphatic carbocycles. The minimum absolute atomic E-state index is 0.221. The second-order valence-electron chi connectivity index (χ2n) is 4.52. The lowest BCUT2D eigenvalue weighted by Gasteiger charge is -2.00. The molecule has 8 heteroatoms. The number of anilines is 1. The van der Waals surface area contributed by atoms with Gasteiger partial charge in [-0.2, -0.15) is 0 Å². The number of hydrogen-bond acceptors (Lipinski definition) is 7. The molecule has 0 aliphatic heterocycles. The Morgan fingerprint density at radius 1 is 1.22 bits per heavy atom. The highest BCUT2D eigenvalue weighted by Gasteiger charge is 2.18. The number of nitrogens with zero attached hydrogens (tertiary/aromatic N) is 1. The Hall–Kier alpha value is -2.03. The van der Waals surface area contributed by atoms with Gasteiger partial charge in [-0.05, 0) is 30.5 Å². The van der Waals surface area contributed by atoms with Crippen molar-refractivity contribution in [1.29, 1.82) is 0 Å². The normalized spacial score (nSPS) is 10.5. The van der Waals surface area contributed by atoms with Gasteiger partial charge < -0.3 is 10.1 Å². The van der Waals surface area contributed by atoms with E-state index in [-0.39, 0.29) is 5.91 Å². The standard InChI is InChI=1S/C15H12N2O3S3/c1-8-12(23-14(16-8)9-4-3-7-21-9)13(18)17-11-6-5-10(22-11)15(19)20-2/h3-7H,1-2H3,(H,17,18). The van der Waals surface area contributed by atoms with Gasteiger partial charge >= 0.3 is 5.97 Å². The lowest BCUT2D eigenvalue weighted by molar-refractivity contribution is 0.0606. The predicted octanol–water partition coefficient (Wildman–Crippen LogP) is 4.28. The van der Waals surface area contributed by atoms with E-state index in [1.165, 1.54) is 29.8 Å². The molecule has 0 saturated carbocycles. The molecule has 0 aliphatic rings. The van der Waals surface area contributed by atoms with E-state index in [0.29, 0.717) is 20.4 Å². The molecule has 23 heavy (non-hydrogen) atoms. The van der Waals surface area contributed by atoms with Crippen LogP contribution in [0.1, 0.15) is 25.0 Å². The molecule has 0 radical (unpaired) electrons. The van der Waals surface area contributed by atoms with Gasteiger partial charge in [0.2, 0.25) is 0 Å². The van der Waals surface area contributed by atoms with E-state index in [9.17, 15) is 9.59 Å². The van der Waals surface area contributed by atoms with Crippen LogP contribution in [0.15, 0.2) is 29.6 Å². The number of carbonyl (C=O) groups is 2. The van der Waals surface area contributed by atoms with Crippen LogP contribution in [0.2, 0.25) is 0 Å². The van der Waals surface area contributed by atoms with Crippen LogP contribution in [0.3, 0.4) is 0 Å². The number of rotatable bonds is 4. The molecule has 0 fully saturated rings. The average molecular weight is 364 g/mol. The molecule has 0 saturated heterocycles. The van der Waals surface area contributed by atoms with Crippen LogP contribution < -0.4 is 5.32 Å². The van der Waals surface area contributed by atoms with E-state index in [2.05, 4.69) is 15.0 Å². The summed E-state index contributed by atoms with van der Waals surface area (Å²) in [5.41, 5.74) is 0.695. The van der Waals surface area contributed by atoms with Gasteiger partial charge in [-0.3, -0.25) is 4.79 Å². The third-order valence-electron chi connectivity index (χ3n) is 2.96. The summed E-state index contributed by atoms with van der Waals surface area (Å²) in [6.07, 6.45) is 0. The molecular formula is C15H12N2O3S3. The number of nitrogens with one attached hydrogen (secondary N) is 1. The number of methoxy groups -OCH3 is 1. The van der Waals surface area contributed by atoms with Crippen LogP contribution in [-0.4, -0.2) is 24.0 Å². The number of esters is 1. The van der Waals surface area contributed by atoms with E-state index in [4.69, 9.17) is 0 Å². The first-order valence-corrected chi connectivity index (χ1v) is 9.10.